The van der Waals surface area contributed by atoms with Crippen LogP contribution in [0.2, 0.25) is 0 Å². The van der Waals surface area contributed by atoms with Crippen molar-refractivity contribution < 1.29 is 22.5 Å². The lowest BCUT2D eigenvalue weighted by Gasteiger charge is -2.30. The first-order valence-corrected chi connectivity index (χ1v) is 12.2. The molecule has 2 heterocycles. The quantitative estimate of drug-likeness (QED) is 0.538. The third kappa shape index (κ3) is 5.65. The lowest BCUT2D eigenvalue weighted by atomic mass is 9.98. The number of carbonyl (C=O) groups is 1. The largest absolute Gasteiger partial charge is 0.375 e. The van der Waals surface area contributed by atoms with E-state index in [1.165, 1.54) is 19.2 Å². The number of piperidine rings is 1. The van der Waals surface area contributed by atoms with Crippen LogP contribution in [0, 0.1) is 0 Å². The standard InChI is InChI=1S/C23H26N4O5S/c1-31-16-21(28)27-13-5-8-19(15-27)23-25-22(26-32-23)18-9-11-20(12-10-18)33(29,30)24-14-17-6-3-2-4-7-17/h2-4,6-7,9-12,19,24H,5,8,13-16H2,1H3. The van der Waals surface area contributed by atoms with Gasteiger partial charge in [-0.25, -0.2) is 13.1 Å². The summed E-state index contributed by atoms with van der Waals surface area (Å²) in [4.78, 5) is 18.5. The van der Waals surface area contributed by atoms with Crippen LogP contribution in [0.5, 0.6) is 0 Å². The molecule has 33 heavy (non-hydrogen) atoms. The number of nitrogens with zero attached hydrogens (tertiary/aromatic N) is 3. The lowest BCUT2D eigenvalue weighted by Crippen LogP contribution is -2.40. The number of carbonyl (C=O) groups excluding carboxylic acids is 1. The molecule has 1 atom stereocenters. The highest BCUT2D eigenvalue weighted by Crippen LogP contribution is 2.28. The summed E-state index contributed by atoms with van der Waals surface area (Å²) in [5, 5.41) is 4.06. The second kappa shape index (κ2) is 10.2. The highest BCUT2D eigenvalue weighted by atomic mass is 32.2. The van der Waals surface area contributed by atoms with Gasteiger partial charge in [-0.3, -0.25) is 4.79 Å². The van der Waals surface area contributed by atoms with Crippen molar-refractivity contribution in [3.63, 3.8) is 0 Å². The van der Waals surface area contributed by atoms with Crippen molar-refractivity contribution in [2.75, 3.05) is 26.8 Å². The van der Waals surface area contributed by atoms with E-state index in [1.54, 1.807) is 17.0 Å². The molecule has 0 saturated carbocycles. The topological polar surface area (TPSA) is 115 Å². The average molecular weight is 471 g/mol. The number of aromatic nitrogens is 2. The Labute approximate surface area is 192 Å². The van der Waals surface area contributed by atoms with Crippen LogP contribution in [0.3, 0.4) is 0 Å². The van der Waals surface area contributed by atoms with Gasteiger partial charge in [-0.1, -0.05) is 35.5 Å². The summed E-state index contributed by atoms with van der Waals surface area (Å²) in [5.74, 6) is 0.759. The van der Waals surface area contributed by atoms with Gasteiger partial charge in [0.05, 0.1) is 10.8 Å². The Kier molecular flexibility index (Phi) is 7.17. The molecule has 1 aliphatic rings. The molecule has 4 rings (SSSR count). The number of amides is 1. The van der Waals surface area contributed by atoms with Crippen LogP contribution in [0.4, 0.5) is 0 Å². The van der Waals surface area contributed by atoms with Gasteiger partial charge in [0.25, 0.3) is 0 Å². The van der Waals surface area contributed by atoms with Crippen molar-refractivity contribution in [2.24, 2.45) is 0 Å². The molecule has 1 aromatic heterocycles. The van der Waals surface area contributed by atoms with Crippen LogP contribution in [0.25, 0.3) is 11.4 Å². The first-order chi connectivity index (χ1) is 16.0. The van der Waals surface area contributed by atoms with Gasteiger partial charge in [0, 0.05) is 32.3 Å². The summed E-state index contributed by atoms with van der Waals surface area (Å²) in [6.07, 6.45) is 1.70. The number of rotatable bonds is 8. The van der Waals surface area contributed by atoms with Gasteiger partial charge in [0.2, 0.25) is 27.6 Å². The molecule has 0 aliphatic carbocycles. The Morgan fingerprint density at radius 2 is 1.94 bits per heavy atom. The predicted molar refractivity (Wildman–Crippen MR) is 121 cm³/mol. The van der Waals surface area contributed by atoms with Gasteiger partial charge in [-0.05, 0) is 42.7 Å². The van der Waals surface area contributed by atoms with E-state index in [9.17, 15) is 13.2 Å². The maximum absolute atomic E-state index is 12.6. The highest BCUT2D eigenvalue weighted by Gasteiger charge is 2.28. The minimum atomic E-state index is -3.65. The smallest absolute Gasteiger partial charge is 0.248 e. The molecule has 1 fully saturated rings. The fraction of sp³-hybridized carbons (Fsp3) is 0.348. The molecular weight excluding hydrogens is 444 g/mol. The number of ether oxygens (including phenoxy) is 1. The minimum absolute atomic E-state index is 0.0392. The first kappa shape index (κ1) is 23.1. The Morgan fingerprint density at radius 1 is 1.18 bits per heavy atom. The van der Waals surface area contributed by atoms with Gasteiger partial charge in [0.15, 0.2) is 0 Å². The SMILES string of the molecule is COCC(=O)N1CCCC(c2nc(-c3ccc(S(=O)(=O)NCc4ccccc4)cc3)no2)C1. The number of nitrogens with one attached hydrogen (secondary N) is 1. The van der Waals surface area contributed by atoms with E-state index in [4.69, 9.17) is 9.26 Å². The normalized spacial score (nSPS) is 16.6. The number of methoxy groups -OCH3 is 1. The highest BCUT2D eigenvalue weighted by molar-refractivity contribution is 7.89. The molecule has 0 spiro atoms. The van der Waals surface area contributed by atoms with Gasteiger partial charge in [-0.15, -0.1) is 0 Å². The van der Waals surface area contributed by atoms with Crippen molar-refractivity contribution in [2.45, 2.75) is 30.2 Å². The second-order valence-electron chi connectivity index (χ2n) is 7.90. The number of sulfonamides is 1. The fourth-order valence-electron chi connectivity index (χ4n) is 3.78. The summed E-state index contributed by atoms with van der Waals surface area (Å²) < 4.78 is 38.2. The van der Waals surface area contributed by atoms with E-state index in [1.807, 2.05) is 30.3 Å². The maximum Gasteiger partial charge on any atom is 0.248 e. The molecule has 0 bridgehead atoms. The molecule has 0 radical (unpaired) electrons. The number of hydrogen-bond acceptors (Lipinski definition) is 7. The fourth-order valence-corrected chi connectivity index (χ4v) is 4.80. The van der Waals surface area contributed by atoms with Crippen molar-refractivity contribution in [1.82, 2.24) is 19.8 Å². The molecular formula is C23H26N4O5S. The molecule has 1 N–H and O–H groups in total. The Balaban J connectivity index is 1.42. The van der Waals surface area contributed by atoms with Gasteiger partial charge in [0.1, 0.15) is 6.61 Å². The lowest BCUT2D eigenvalue weighted by molar-refractivity contribution is -0.136. The third-order valence-corrected chi connectivity index (χ3v) is 6.98. The van der Waals surface area contributed by atoms with Gasteiger partial charge >= 0.3 is 0 Å². The second-order valence-corrected chi connectivity index (χ2v) is 9.67. The summed E-state index contributed by atoms with van der Waals surface area (Å²) in [5.41, 5.74) is 1.53. The molecule has 1 aliphatic heterocycles. The molecule has 3 aromatic rings. The number of likely N-dealkylation sites (tertiary alicyclic amines) is 1. The zero-order valence-electron chi connectivity index (χ0n) is 18.3. The number of hydrogen-bond donors (Lipinski definition) is 1. The molecule has 9 nitrogen and oxygen atoms in total. The van der Waals surface area contributed by atoms with Crippen LogP contribution in [0.1, 0.15) is 30.2 Å². The summed E-state index contributed by atoms with van der Waals surface area (Å²) >= 11 is 0. The minimum Gasteiger partial charge on any atom is -0.375 e. The molecule has 10 heteroatoms. The predicted octanol–water partition coefficient (Wildman–Crippen LogP) is 2.57. The summed E-state index contributed by atoms with van der Waals surface area (Å²) in [6.45, 7) is 1.46. The Morgan fingerprint density at radius 3 is 2.67 bits per heavy atom. The van der Waals surface area contributed by atoms with Crippen molar-refractivity contribution in [3.8, 4) is 11.4 Å². The molecule has 2 aromatic carbocycles. The van der Waals surface area contributed by atoms with Crippen LogP contribution >= 0.6 is 0 Å². The van der Waals surface area contributed by atoms with E-state index in [-0.39, 0.29) is 29.9 Å². The molecule has 1 amide bonds. The Hall–Kier alpha value is -3.08. The van der Waals surface area contributed by atoms with Crippen LogP contribution in [-0.4, -0.2) is 56.2 Å². The zero-order valence-corrected chi connectivity index (χ0v) is 19.1. The van der Waals surface area contributed by atoms with E-state index < -0.39 is 10.0 Å². The zero-order chi connectivity index (χ0) is 23.3. The summed E-state index contributed by atoms with van der Waals surface area (Å²) in [7, 11) is -2.15. The van der Waals surface area contributed by atoms with Crippen molar-refractivity contribution in [1.29, 1.82) is 0 Å². The van der Waals surface area contributed by atoms with E-state index >= 15 is 0 Å². The maximum atomic E-state index is 12.6. The van der Waals surface area contributed by atoms with E-state index in [2.05, 4.69) is 14.9 Å². The van der Waals surface area contributed by atoms with E-state index in [0.29, 0.717) is 30.4 Å². The molecule has 1 unspecified atom stereocenters. The van der Waals surface area contributed by atoms with Crippen LogP contribution < -0.4 is 4.72 Å². The van der Waals surface area contributed by atoms with Crippen LogP contribution in [-0.2, 0) is 26.1 Å². The molecule has 1 saturated heterocycles. The Bertz CT molecular complexity index is 1180. The van der Waals surface area contributed by atoms with E-state index in [0.717, 1.165) is 18.4 Å². The van der Waals surface area contributed by atoms with Gasteiger partial charge in [-0.2, -0.15) is 4.98 Å². The third-order valence-electron chi connectivity index (χ3n) is 5.56. The molecule has 174 valence electrons. The van der Waals surface area contributed by atoms with Crippen molar-refractivity contribution >= 4 is 15.9 Å². The van der Waals surface area contributed by atoms with Crippen LogP contribution in [0.15, 0.2) is 64.0 Å². The average Bonchev–Trinajstić information content (AvgIpc) is 3.34. The summed E-state index contributed by atoms with van der Waals surface area (Å²) in [6, 6.07) is 15.7. The van der Waals surface area contributed by atoms with Crippen molar-refractivity contribution in [3.05, 3.63) is 66.1 Å². The van der Waals surface area contributed by atoms with Gasteiger partial charge < -0.3 is 14.2 Å². The number of benzene rings is 2. The monoisotopic (exact) mass is 470 g/mol. The first-order valence-electron chi connectivity index (χ1n) is 10.7.